The highest BCUT2D eigenvalue weighted by Crippen LogP contribution is 2.35. The molecule has 0 N–H and O–H groups in total. The van der Waals surface area contributed by atoms with E-state index in [-0.39, 0.29) is 16.4 Å². The first kappa shape index (κ1) is 27.7. The van der Waals surface area contributed by atoms with Crippen LogP contribution in [0.4, 0.5) is 0 Å². The molecule has 2 heterocycles. The predicted octanol–water partition coefficient (Wildman–Crippen LogP) is 2.03. The Morgan fingerprint density at radius 1 is 0.821 bits per heavy atom. The second kappa shape index (κ2) is 12.0. The van der Waals surface area contributed by atoms with Crippen LogP contribution in [-0.2, 0) is 23.8 Å². The summed E-state index contributed by atoms with van der Waals surface area (Å²) in [6.45, 7) is 2.29. The molecular weight excluding hydrogens is 528 g/mol. The molecule has 4 atom stereocenters. The van der Waals surface area contributed by atoms with Gasteiger partial charge in [0.05, 0.1) is 0 Å². The van der Waals surface area contributed by atoms with Crippen molar-refractivity contribution in [2.24, 2.45) is 0 Å². The molecule has 0 bridgehead atoms. The third-order valence-electron chi connectivity index (χ3n) is 5.79. The standard InChI is InChI=1S/C27H24N2O9S/c1-16(30)36-22-20(15-39-26(34)19-11-7-4-8-12-19)38-25(23(22)37-17(2)31)28-14-13-21(32)29(27(28)35)24(33)18-9-5-3-6-10-18/h3-14,20,22-23,25H,15H2,1-2H3/t20-,22-,23-,25-/m1/s1. The summed E-state index contributed by atoms with van der Waals surface area (Å²) >= 11 is 0.895. The molecule has 202 valence electrons. The van der Waals surface area contributed by atoms with Gasteiger partial charge in [-0.1, -0.05) is 60.3 Å². The Kier molecular flexibility index (Phi) is 8.57. The van der Waals surface area contributed by atoms with Crippen molar-refractivity contribution < 1.29 is 33.4 Å². The van der Waals surface area contributed by atoms with Crippen molar-refractivity contribution in [2.75, 3.05) is 5.75 Å². The Bertz CT molecular complexity index is 1500. The smallest absolute Gasteiger partial charge is 0.340 e. The molecule has 1 aromatic heterocycles. The van der Waals surface area contributed by atoms with Crippen LogP contribution in [0.25, 0.3) is 0 Å². The van der Waals surface area contributed by atoms with Crippen LogP contribution in [0.2, 0.25) is 0 Å². The number of ether oxygens (including phenoxy) is 3. The van der Waals surface area contributed by atoms with Crippen LogP contribution in [0.1, 0.15) is 40.8 Å². The lowest BCUT2D eigenvalue weighted by molar-refractivity contribution is -0.165. The van der Waals surface area contributed by atoms with E-state index < -0.39 is 53.6 Å². The topological polar surface area (TPSA) is 140 Å². The Morgan fingerprint density at radius 2 is 1.38 bits per heavy atom. The van der Waals surface area contributed by atoms with Gasteiger partial charge in [-0.25, -0.2) is 4.79 Å². The van der Waals surface area contributed by atoms with Crippen LogP contribution in [-0.4, -0.2) is 56.2 Å². The van der Waals surface area contributed by atoms with Gasteiger partial charge < -0.3 is 14.2 Å². The van der Waals surface area contributed by atoms with Gasteiger partial charge in [0.25, 0.3) is 11.5 Å². The van der Waals surface area contributed by atoms with Crippen LogP contribution >= 0.6 is 11.8 Å². The number of benzene rings is 2. The van der Waals surface area contributed by atoms with Crippen molar-refractivity contribution >= 4 is 34.7 Å². The van der Waals surface area contributed by atoms with E-state index in [1.807, 2.05) is 0 Å². The quantitative estimate of drug-likeness (QED) is 0.400. The summed E-state index contributed by atoms with van der Waals surface area (Å²) in [4.78, 5) is 75.6. The maximum Gasteiger partial charge on any atom is 0.340 e. The van der Waals surface area contributed by atoms with Gasteiger partial charge in [0.2, 0.25) is 5.12 Å². The maximum absolute atomic E-state index is 13.4. The molecule has 4 rings (SSSR count). The minimum Gasteiger partial charge on any atom is -0.456 e. The third-order valence-corrected chi connectivity index (χ3v) is 6.78. The SMILES string of the molecule is CC(=O)O[C@@H]1[C@H](OC(C)=O)[C@@H](CSC(=O)c2ccccc2)O[C@H]1n1ccc(=O)n(C(=O)c2ccccc2)c1=O. The van der Waals surface area contributed by atoms with Gasteiger partial charge in [-0.2, -0.15) is 4.57 Å². The number of esters is 2. The van der Waals surface area contributed by atoms with E-state index >= 15 is 0 Å². The lowest BCUT2D eigenvalue weighted by Gasteiger charge is -2.24. The molecule has 12 heteroatoms. The molecule has 39 heavy (non-hydrogen) atoms. The number of carbonyl (C=O) groups is 4. The van der Waals surface area contributed by atoms with E-state index in [2.05, 4.69) is 0 Å². The van der Waals surface area contributed by atoms with Gasteiger partial charge >= 0.3 is 17.6 Å². The minimum absolute atomic E-state index is 0.0166. The first-order valence-corrected chi connectivity index (χ1v) is 12.8. The Hall–Kier alpha value is -4.29. The highest BCUT2D eigenvalue weighted by Gasteiger charge is 2.50. The zero-order valence-electron chi connectivity index (χ0n) is 20.9. The molecular formula is C27H24N2O9S. The summed E-state index contributed by atoms with van der Waals surface area (Å²) in [5, 5.41) is -0.271. The molecule has 2 aromatic carbocycles. The van der Waals surface area contributed by atoms with E-state index in [0.29, 0.717) is 10.1 Å². The Balaban J connectivity index is 1.70. The van der Waals surface area contributed by atoms with Gasteiger partial charge in [-0.15, -0.1) is 0 Å². The lowest BCUT2D eigenvalue weighted by atomic mass is 10.1. The minimum atomic E-state index is -1.38. The fraction of sp³-hybridized carbons (Fsp3) is 0.259. The predicted molar refractivity (Wildman–Crippen MR) is 139 cm³/mol. The molecule has 1 fully saturated rings. The van der Waals surface area contributed by atoms with Gasteiger partial charge in [0, 0.05) is 43.0 Å². The van der Waals surface area contributed by atoms with Crippen LogP contribution in [0.3, 0.4) is 0 Å². The first-order chi connectivity index (χ1) is 18.7. The van der Waals surface area contributed by atoms with E-state index in [1.165, 1.54) is 12.1 Å². The molecule has 3 aromatic rings. The molecule has 0 spiro atoms. The second-order valence-corrected chi connectivity index (χ2v) is 9.52. The number of hydrogen-bond acceptors (Lipinski definition) is 10. The largest absolute Gasteiger partial charge is 0.456 e. The van der Waals surface area contributed by atoms with Crippen molar-refractivity contribution in [3.8, 4) is 0 Å². The fourth-order valence-electron chi connectivity index (χ4n) is 4.12. The van der Waals surface area contributed by atoms with Crippen LogP contribution in [0.15, 0.2) is 82.5 Å². The highest BCUT2D eigenvalue weighted by atomic mass is 32.2. The summed E-state index contributed by atoms with van der Waals surface area (Å²) in [7, 11) is 0. The molecule has 0 radical (unpaired) electrons. The summed E-state index contributed by atoms with van der Waals surface area (Å²) in [5.41, 5.74) is -1.37. The van der Waals surface area contributed by atoms with Crippen LogP contribution < -0.4 is 11.2 Å². The number of aromatic nitrogens is 2. The van der Waals surface area contributed by atoms with Crippen LogP contribution in [0, 0.1) is 0 Å². The van der Waals surface area contributed by atoms with Crippen molar-refractivity contribution in [1.82, 2.24) is 9.13 Å². The summed E-state index contributed by atoms with van der Waals surface area (Å²) < 4.78 is 18.2. The van der Waals surface area contributed by atoms with Gasteiger partial charge in [0.1, 0.15) is 6.10 Å². The highest BCUT2D eigenvalue weighted by molar-refractivity contribution is 8.14. The number of nitrogens with zero attached hydrogens (tertiary/aromatic N) is 2. The first-order valence-electron chi connectivity index (χ1n) is 11.8. The van der Waals surface area contributed by atoms with Crippen molar-refractivity contribution in [2.45, 2.75) is 38.4 Å². The summed E-state index contributed by atoms with van der Waals surface area (Å²) in [6, 6.07) is 17.2. The van der Waals surface area contributed by atoms with Gasteiger partial charge in [0.15, 0.2) is 18.4 Å². The number of rotatable bonds is 7. The third kappa shape index (κ3) is 6.24. The van der Waals surface area contributed by atoms with E-state index in [4.69, 9.17) is 14.2 Å². The normalized spacial score (nSPS) is 20.3. The second-order valence-electron chi connectivity index (χ2n) is 8.53. The van der Waals surface area contributed by atoms with E-state index in [0.717, 1.165) is 42.4 Å². The molecule has 1 aliphatic rings. The molecule has 0 unspecified atom stereocenters. The van der Waals surface area contributed by atoms with Crippen LogP contribution in [0.5, 0.6) is 0 Å². The zero-order chi connectivity index (χ0) is 28.1. The number of thioether (sulfide) groups is 1. The zero-order valence-corrected chi connectivity index (χ0v) is 21.7. The maximum atomic E-state index is 13.4. The van der Waals surface area contributed by atoms with E-state index in [9.17, 15) is 28.8 Å². The van der Waals surface area contributed by atoms with Crippen molar-refractivity contribution in [1.29, 1.82) is 0 Å². The molecule has 0 aliphatic carbocycles. The van der Waals surface area contributed by atoms with Crippen molar-refractivity contribution in [3.05, 3.63) is 105 Å². The summed E-state index contributed by atoms with van der Waals surface area (Å²) in [5.74, 6) is -2.33. The summed E-state index contributed by atoms with van der Waals surface area (Å²) in [6.07, 6.45) is -3.77. The molecule has 11 nitrogen and oxygen atoms in total. The molecule has 0 saturated carbocycles. The van der Waals surface area contributed by atoms with Crippen molar-refractivity contribution in [3.63, 3.8) is 0 Å². The average Bonchev–Trinajstić information content (AvgIpc) is 3.23. The van der Waals surface area contributed by atoms with E-state index in [1.54, 1.807) is 48.5 Å². The average molecular weight is 553 g/mol. The number of hydrogen-bond donors (Lipinski definition) is 0. The molecule has 0 amide bonds. The Labute approximate surface area is 226 Å². The monoisotopic (exact) mass is 552 g/mol. The lowest BCUT2D eigenvalue weighted by Crippen LogP contribution is -2.47. The fourth-order valence-corrected chi connectivity index (χ4v) is 5.00. The molecule has 1 saturated heterocycles. The number of carbonyl (C=O) groups excluding carboxylic acids is 4. The van der Waals surface area contributed by atoms with Gasteiger partial charge in [-0.3, -0.25) is 28.5 Å². The molecule has 1 aliphatic heterocycles. The van der Waals surface area contributed by atoms with Gasteiger partial charge in [-0.05, 0) is 12.1 Å². The Morgan fingerprint density at radius 3 is 1.97 bits per heavy atom.